The number of aryl methyl sites for hydroxylation is 1. The van der Waals surface area contributed by atoms with Crippen molar-refractivity contribution in [2.24, 2.45) is 5.73 Å². The monoisotopic (exact) mass is 269 g/mol. The third kappa shape index (κ3) is 1.71. The van der Waals surface area contributed by atoms with Crippen molar-refractivity contribution >= 4 is 21.4 Å². The van der Waals surface area contributed by atoms with Gasteiger partial charge in [-0.3, -0.25) is 0 Å². The summed E-state index contributed by atoms with van der Waals surface area (Å²) < 4.78 is 3.57. The second kappa shape index (κ2) is 4.18. The maximum atomic E-state index is 6.11. The molecule has 2 aromatic heterocycles. The van der Waals surface area contributed by atoms with Gasteiger partial charge in [-0.05, 0) is 12.5 Å². The largest absolute Gasteiger partial charge is 0.334 e. The van der Waals surface area contributed by atoms with Gasteiger partial charge in [0.15, 0.2) is 0 Å². The average molecular weight is 269 g/mol. The summed E-state index contributed by atoms with van der Waals surface area (Å²) in [7, 11) is 0. The van der Waals surface area contributed by atoms with E-state index in [2.05, 4.69) is 39.2 Å². The number of thiophene rings is 1. The molecule has 96 valence electrons. The highest BCUT2D eigenvalue weighted by atomic mass is 32.1. The second-order valence-electron chi connectivity index (χ2n) is 5.13. The van der Waals surface area contributed by atoms with Crippen LogP contribution in [0.5, 0.6) is 0 Å². The van der Waals surface area contributed by atoms with Gasteiger partial charge in [-0.15, -0.1) is 11.3 Å². The number of rotatable bonds is 1. The Morgan fingerprint density at radius 2 is 2.21 bits per heavy atom. The highest BCUT2D eigenvalue weighted by Crippen LogP contribution is 2.35. The van der Waals surface area contributed by atoms with Crippen LogP contribution in [0.25, 0.3) is 21.3 Å². The van der Waals surface area contributed by atoms with E-state index in [-0.39, 0.29) is 6.04 Å². The SMILES string of the molecule is NC1CCn2cnc(-c3csc4ccccc34)c2C1. The Bertz CT molecular complexity index is 741. The van der Waals surface area contributed by atoms with E-state index in [1.807, 2.05) is 6.33 Å². The molecule has 1 atom stereocenters. The predicted octanol–water partition coefficient (Wildman–Crippen LogP) is 3.04. The molecule has 0 amide bonds. The first-order valence-electron chi connectivity index (χ1n) is 6.59. The van der Waals surface area contributed by atoms with E-state index in [4.69, 9.17) is 5.73 Å². The highest BCUT2D eigenvalue weighted by molar-refractivity contribution is 7.17. The van der Waals surface area contributed by atoms with Gasteiger partial charge in [-0.25, -0.2) is 4.98 Å². The summed E-state index contributed by atoms with van der Waals surface area (Å²) in [6, 6.07) is 8.79. The maximum Gasteiger partial charge on any atom is 0.0956 e. The number of benzene rings is 1. The van der Waals surface area contributed by atoms with E-state index < -0.39 is 0 Å². The molecule has 0 aliphatic carbocycles. The molecule has 19 heavy (non-hydrogen) atoms. The summed E-state index contributed by atoms with van der Waals surface area (Å²) in [5.74, 6) is 0. The van der Waals surface area contributed by atoms with Crippen molar-refractivity contribution in [2.75, 3.05) is 0 Å². The van der Waals surface area contributed by atoms with Gasteiger partial charge in [-0.1, -0.05) is 18.2 Å². The van der Waals surface area contributed by atoms with Crippen molar-refractivity contribution in [1.82, 2.24) is 9.55 Å². The van der Waals surface area contributed by atoms with Crippen molar-refractivity contribution < 1.29 is 0 Å². The van der Waals surface area contributed by atoms with Crippen LogP contribution in [0.2, 0.25) is 0 Å². The standard InChI is InChI=1S/C15H15N3S/c16-10-5-6-18-9-17-15(13(18)7-10)12-8-19-14-4-2-1-3-11(12)14/h1-4,8-10H,5-7,16H2. The summed E-state index contributed by atoms with van der Waals surface area (Å²) in [6.07, 6.45) is 3.94. The van der Waals surface area contributed by atoms with Gasteiger partial charge >= 0.3 is 0 Å². The third-order valence-corrected chi connectivity index (χ3v) is 4.84. The van der Waals surface area contributed by atoms with E-state index in [1.54, 1.807) is 11.3 Å². The van der Waals surface area contributed by atoms with Crippen molar-refractivity contribution in [3.05, 3.63) is 41.7 Å². The van der Waals surface area contributed by atoms with Gasteiger partial charge < -0.3 is 10.3 Å². The molecule has 1 aliphatic rings. The first kappa shape index (κ1) is 11.2. The summed E-state index contributed by atoms with van der Waals surface area (Å²) in [6.45, 7) is 0.992. The van der Waals surface area contributed by atoms with Crippen LogP contribution < -0.4 is 5.73 Å². The molecule has 0 fully saturated rings. The molecule has 0 radical (unpaired) electrons. The van der Waals surface area contributed by atoms with Gasteiger partial charge in [0, 0.05) is 45.7 Å². The van der Waals surface area contributed by atoms with Crippen LogP contribution in [0, 0.1) is 0 Å². The minimum atomic E-state index is 0.271. The summed E-state index contributed by atoms with van der Waals surface area (Å²) in [5.41, 5.74) is 9.77. The molecular formula is C15H15N3S. The predicted molar refractivity (Wildman–Crippen MR) is 79.3 cm³/mol. The molecule has 0 saturated heterocycles. The molecule has 0 bridgehead atoms. The number of aromatic nitrogens is 2. The van der Waals surface area contributed by atoms with Crippen LogP contribution >= 0.6 is 11.3 Å². The Morgan fingerprint density at radius 1 is 1.32 bits per heavy atom. The molecule has 4 rings (SSSR count). The van der Waals surface area contributed by atoms with Gasteiger partial charge in [0.2, 0.25) is 0 Å². The summed E-state index contributed by atoms with van der Waals surface area (Å²) >= 11 is 1.78. The van der Waals surface area contributed by atoms with E-state index in [1.165, 1.54) is 21.3 Å². The van der Waals surface area contributed by atoms with Crippen LogP contribution in [-0.4, -0.2) is 15.6 Å². The lowest BCUT2D eigenvalue weighted by Crippen LogP contribution is -2.30. The Morgan fingerprint density at radius 3 is 3.16 bits per heavy atom. The van der Waals surface area contributed by atoms with E-state index in [0.717, 1.165) is 25.1 Å². The number of nitrogens with zero attached hydrogens (tertiary/aromatic N) is 2. The quantitative estimate of drug-likeness (QED) is 0.738. The number of fused-ring (bicyclic) bond motifs is 2. The zero-order valence-electron chi connectivity index (χ0n) is 10.5. The number of hydrogen-bond donors (Lipinski definition) is 1. The fourth-order valence-electron chi connectivity index (χ4n) is 2.86. The molecule has 2 N–H and O–H groups in total. The topological polar surface area (TPSA) is 43.8 Å². The lowest BCUT2D eigenvalue weighted by molar-refractivity contribution is 0.472. The van der Waals surface area contributed by atoms with Crippen LogP contribution in [0.4, 0.5) is 0 Å². The number of nitrogens with two attached hydrogens (primary N) is 1. The zero-order valence-corrected chi connectivity index (χ0v) is 11.4. The van der Waals surface area contributed by atoms with Crippen LogP contribution in [0.1, 0.15) is 12.1 Å². The molecule has 4 heteroatoms. The first-order chi connectivity index (χ1) is 9.33. The molecule has 3 aromatic rings. The van der Waals surface area contributed by atoms with E-state index >= 15 is 0 Å². The molecule has 0 saturated carbocycles. The first-order valence-corrected chi connectivity index (χ1v) is 7.47. The zero-order chi connectivity index (χ0) is 12.8. The Balaban J connectivity index is 1.91. The lowest BCUT2D eigenvalue weighted by Gasteiger charge is -2.21. The summed E-state index contributed by atoms with van der Waals surface area (Å²) in [5, 5.41) is 3.52. The normalized spacial score (nSPS) is 18.7. The molecule has 0 spiro atoms. The smallest absolute Gasteiger partial charge is 0.0956 e. The Kier molecular flexibility index (Phi) is 2.47. The van der Waals surface area contributed by atoms with Crippen LogP contribution in [0.3, 0.4) is 0 Å². The van der Waals surface area contributed by atoms with Crippen LogP contribution in [-0.2, 0) is 13.0 Å². The summed E-state index contributed by atoms with van der Waals surface area (Å²) in [4.78, 5) is 4.64. The molecule has 3 nitrogen and oxygen atoms in total. The minimum Gasteiger partial charge on any atom is -0.334 e. The fraction of sp³-hybridized carbons (Fsp3) is 0.267. The Hall–Kier alpha value is -1.65. The third-order valence-electron chi connectivity index (χ3n) is 3.88. The van der Waals surface area contributed by atoms with Crippen LogP contribution in [0.15, 0.2) is 36.0 Å². The van der Waals surface area contributed by atoms with Crippen molar-refractivity contribution in [3.63, 3.8) is 0 Å². The molecule has 1 unspecified atom stereocenters. The van der Waals surface area contributed by atoms with Crippen molar-refractivity contribution in [1.29, 1.82) is 0 Å². The minimum absolute atomic E-state index is 0.271. The molecular weight excluding hydrogens is 254 g/mol. The van der Waals surface area contributed by atoms with Crippen molar-refractivity contribution in [2.45, 2.75) is 25.4 Å². The molecule has 1 aromatic carbocycles. The highest BCUT2D eigenvalue weighted by Gasteiger charge is 2.21. The van der Waals surface area contributed by atoms with Gasteiger partial charge in [0.1, 0.15) is 0 Å². The average Bonchev–Trinajstić information content (AvgIpc) is 3.01. The van der Waals surface area contributed by atoms with Crippen molar-refractivity contribution in [3.8, 4) is 11.3 Å². The fourth-order valence-corrected chi connectivity index (χ4v) is 3.80. The number of hydrogen-bond acceptors (Lipinski definition) is 3. The molecule has 1 aliphatic heterocycles. The number of imidazole rings is 1. The van der Waals surface area contributed by atoms with E-state index in [0.29, 0.717) is 0 Å². The Labute approximate surface area is 115 Å². The second-order valence-corrected chi connectivity index (χ2v) is 6.04. The van der Waals surface area contributed by atoms with E-state index in [9.17, 15) is 0 Å². The van der Waals surface area contributed by atoms with Gasteiger partial charge in [0.05, 0.1) is 12.0 Å². The van der Waals surface area contributed by atoms with Gasteiger partial charge in [0.25, 0.3) is 0 Å². The maximum absolute atomic E-state index is 6.11. The van der Waals surface area contributed by atoms with Gasteiger partial charge in [-0.2, -0.15) is 0 Å². The lowest BCUT2D eigenvalue weighted by atomic mass is 10.0. The molecule has 3 heterocycles.